The molecule has 2 nitrogen and oxygen atoms in total. The zero-order valence-electron chi connectivity index (χ0n) is 7.21. The van der Waals surface area contributed by atoms with E-state index in [9.17, 15) is 5.11 Å². The first kappa shape index (κ1) is 11.5. The third-order valence-electron chi connectivity index (χ3n) is 1.80. The van der Waals surface area contributed by atoms with Gasteiger partial charge in [0.1, 0.15) is 11.9 Å². The number of furan rings is 1. The molecular formula is C9H5BrCl2O2S. The molecule has 0 aliphatic carbocycles. The van der Waals surface area contributed by atoms with Crippen LogP contribution in [0.3, 0.4) is 0 Å². The van der Waals surface area contributed by atoms with E-state index in [0.29, 0.717) is 15.7 Å². The van der Waals surface area contributed by atoms with Crippen molar-refractivity contribution < 1.29 is 9.52 Å². The van der Waals surface area contributed by atoms with Crippen LogP contribution in [0.1, 0.15) is 16.7 Å². The molecule has 0 fully saturated rings. The van der Waals surface area contributed by atoms with Gasteiger partial charge in [0.05, 0.1) is 8.81 Å². The lowest BCUT2D eigenvalue weighted by Crippen LogP contribution is -1.93. The molecular weight excluding hydrogens is 323 g/mol. The Morgan fingerprint density at radius 3 is 2.60 bits per heavy atom. The van der Waals surface area contributed by atoms with E-state index in [2.05, 4.69) is 15.9 Å². The van der Waals surface area contributed by atoms with E-state index in [1.54, 1.807) is 18.2 Å². The summed E-state index contributed by atoms with van der Waals surface area (Å²) in [5.74, 6) is 0.408. The maximum absolute atomic E-state index is 9.92. The second-order valence-electron chi connectivity index (χ2n) is 2.81. The lowest BCUT2D eigenvalue weighted by molar-refractivity contribution is 0.193. The number of thiophene rings is 1. The minimum Gasteiger partial charge on any atom is -0.447 e. The summed E-state index contributed by atoms with van der Waals surface area (Å²) < 4.78 is 5.90. The van der Waals surface area contributed by atoms with Crippen molar-refractivity contribution in [2.75, 3.05) is 0 Å². The fraction of sp³-hybridized carbons (Fsp3) is 0.111. The van der Waals surface area contributed by atoms with Gasteiger partial charge >= 0.3 is 0 Å². The van der Waals surface area contributed by atoms with Crippen molar-refractivity contribution in [1.29, 1.82) is 0 Å². The van der Waals surface area contributed by atoms with Gasteiger partial charge in [0.2, 0.25) is 0 Å². The summed E-state index contributed by atoms with van der Waals surface area (Å²) in [5.41, 5.74) is 0. The van der Waals surface area contributed by atoms with Crippen molar-refractivity contribution in [3.63, 3.8) is 0 Å². The van der Waals surface area contributed by atoms with Crippen LogP contribution in [0.2, 0.25) is 10.2 Å². The summed E-state index contributed by atoms with van der Waals surface area (Å²) >= 11 is 16.1. The van der Waals surface area contributed by atoms with Crippen LogP contribution in [-0.2, 0) is 0 Å². The normalized spacial score (nSPS) is 13.1. The number of hydrogen-bond donors (Lipinski definition) is 1. The molecule has 80 valence electrons. The van der Waals surface area contributed by atoms with E-state index in [0.717, 1.165) is 3.79 Å². The Kier molecular flexibility index (Phi) is 3.42. The van der Waals surface area contributed by atoms with Gasteiger partial charge in [0.15, 0.2) is 5.22 Å². The molecule has 15 heavy (non-hydrogen) atoms. The van der Waals surface area contributed by atoms with E-state index in [1.807, 2.05) is 0 Å². The van der Waals surface area contributed by atoms with Crippen molar-refractivity contribution >= 4 is 50.5 Å². The predicted molar refractivity (Wildman–Crippen MR) is 64.8 cm³/mol. The van der Waals surface area contributed by atoms with E-state index in [1.165, 1.54) is 11.3 Å². The molecule has 0 amide bonds. The van der Waals surface area contributed by atoms with Crippen LogP contribution >= 0.6 is 50.5 Å². The second-order valence-corrected chi connectivity index (χ2v) is 6.00. The third-order valence-corrected chi connectivity index (χ3v) is 4.53. The molecule has 1 N–H and O–H groups in total. The number of halogens is 3. The monoisotopic (exact) mass is 326 g/mol. The highest BCUT2D eigenvalue weighted by atomic mass is 79.9. The zero-order chi connectivity index (χ0) is 11.0. The number of aliphatic hydroxyl groups excluding tert-OH is 1. The van der Waals surface area contributed by atoms with Crippen LogP contribution in [0, 0.1) is 0 Å². The summed E-state index contributed by atoms with van der Waals surface area (Å²) in [6.07, 6.45) is -0.828. The average molecular weight is 328 g/mol. The van der Waals surface area contributed by atoms with Gasteiger partial charge in [0.25, 0.3) is 0 Å². The fourth-order valence-electron chi connectivity index (χ4n) is 1.11. The van der Waals surface area contributed by atoms with Gasteiger partial charge in [-0.15, -0.1) is 11.3 Å². The molecule has 0 bridgehead atoms. The van der Waals surface area contributed by atoms with E-state index < -0.39 is 6.10 Å². The Hall–Kier alpha value is -0.0000000000000000833. The van der Waals surface area contributed by atoms with Gasteiger partial charge in [-0.3, -0.25) is 0 Å². The summed E-state index contributed by atoms with van der Waals surface area (Å²) in [6.45, 7) is 0. The SMILES string of the molecule is OC(c1ccc(Cl)o1)c1cc(Cl)c(Br)s1. The number of hydrogen-bond acceptors (Lipinski definition) is 3. The largest absolute Gasteiger partial charge is 0.447 e. The van der Waals surface area contributed by atoms with E-state index in [-0.39, 0.29) is 5.22 Å². The van der Waals surface area contributed by atoms with Gasteiger partial charge in [-0.05, 0) is 45.7 Å². The molecule has 1 atom stereocenters. The van der Waals surface area contributed by atoms with E-state index in [4.69, 9.17) is 27.6 Å². The van der Waals surface area contributed by atoms with Crippen molar-refractivity contribution in [1.82, 2.24) is 0 Å². The quantitative estimate of drug-likeness (QED) is 0.881. The minimum atomic E-state index is -0.828. The number of rotatable bonds is 2. The van der Waals surface area contributed by atoms with E-state index >= 15 is 0 Å². The van der Waals surface area contributed by atoms with Gasteiger partial charge in [0, 0.05) is 4.88 Å². The van der Waals surface area contributed by atoms with Crippen molar-refractivity contribution in [3.05, 3.63) is 42.9 Å². The van der Waals surface area contributed by atoms with Crippen LogP contribution in [0.5, 0.6) is 0 Å². The average Bonchev–Trinajstić information content (AvgIpc) is 2.74. The Labute approximate surface area is 109 Å². The maximum atomic E-state index is 9.92. The third kappa shape index (κ3) is 2.40. The predicted octanol–water partition coefficient (Wildman–Crippen LogP) is 4.49. The van der Waals surface area contributed by atoms with Crippen LogP contribution in [-0.4, -0.2) is 5.11 Å². The Morgan fingerprint density at radius 2 is 2.13 bits per heavy atom. The van der Waals surface area contributed by atoms with Crippen LogP contribution in [0.15, 0.2) is 26.4 Å². The van der Waals surface area contributed by atoms with Gasteiger partial charge in [-0.1, -0.05) is 11.6 Å². The molecule has 0 saturated carbocycles. The number of aliphatic hydroxyl groups is 1. The minimum absolute atomic E-state index is 0.255. The van der Waals surface area contributed by atoms with Crippen LogP contribution < -0.4 is 0 Å². The first-order chi connectivity index (χ1) is 7.08. The molecule has 0 radical (unpaired) electrons. The molecule has 2 heterocycles. The topological polar surface area (TPSA) is 33.4 Å². The lowest BCUT2D eigenvalue weighted by Gasteiger charge is -2.03. The van der Waals surface area contributed by atoms with Crippen LogP contribution in [0.25, 0.3) is 0 Å². The molecule has 2 aromatic rings. The Balaban J connectivity index is 2.31. The second kappa shape index (κ2) is 4.47. The van der Waals surface area contributed by atoms with Gasteiger partial charge in [-0.25, -0.2) is 0 Å². The van der Waals surface area contributed by atoms with Crippen molar-refractivity contribution in [2.24, 2.45) is 0 Å². The molecule has 6 heteroatoms. The highest BCUT2D eigenvalue weighted by Crippen LogP contribution is 2.37. The smallest absolute Gasteiger partial charge is 0.193 e. The standard InChI is InChI=1S/C9H5BrCl2O2S/c10-9-4(11)3-6(15-9)8(13)5-1-2-7(12)14-5/h1-3,8,13H. The maximum Gasteiger partial charge on any atom is 0.193 e. The molecule has 0 aromatic carbocycles. The molecule has 0 saturated heterocycles. The first-order valence-corrected chi connectivity index (χ1v) is 6.32. The molecule has 0 aliphatic rings. The van der Waals surface area contributed by atoms with Crippen molar-refractivity contribution in [3.8, 4) is 0 Å². The molecule has 2 rings (SSSR count). The summed E-state index contributed by atoms with van der Waals surface area (Å²) in [4.78, 5) is 0.706. The lowest BCUT2D eigenvalue weighted by atomic mass is 10.2. The van der Waals surface area contributed by atoms with Crippen LogP contribution in [0.4, 0.5) is 0 Å². The Bertz CT molecular complexity index is 461. The summed E-state index contributed by atoms with van der Waals surface area (Å²) in [6, 6.07) is 4.91. The molecule has 0 aliphatic heterocycles. The molecule has 0 spiro atoms. The molecule has 1 unspecified atom stereocenters. The highest BCUT2D eigenvalue weighted by molar-refractivity contribution is 9.11. The van der Waals surface area contributed by atoms with Gasteiger partial charge < -0.3 is 9.52 Å². The summed E-state index contributed by atoms with van der Waals surface area (Å²) in [5, 5.41) is 10.8. The fourth-order valence-corrected chi connectivity index (χ4v) is 3.01. The Morgan fingerprint density at radius 1 is 1.40 bits per heavy atom. The zero-order valence-corrected chi connectivity index (χ0v) is 11.1. The van der Waals surface area contributed by atoms with Crippen molar-refractivity contribution in [2.45, 2.75) is 6.10 Å². The highest BCUT2D eigenvalue weighted by Gasteiger charge is 2.18. The van der Waals surface area contributed by atoms with Gasteiger partial charge in [-0.2, -0.15) is 0 Å². The first-order valence-electron chi connectivity index (χ1n) is 3.96. The molecule has 2 aromatic heterocycles. The summed E-state index contributed by atoms with van der Waals surface area (Å²) in [7, 11) is 0.